The first kappa shape index (κ1) is 11.9. The zero-order valence-corrected chi connectivity index (χ0v) is 14.9. The average molecular weight is 492 g/mol. The molecule has 2 aliphatic carbocycles. The molecule has 0 N–H and O–H groups in total. The van der Waals surface area contributed by atoms with Crippen molar-refractivity contribution in [2.45, 2.75) is 37.1 Å². The Balaban J connectivity index is 1.93. The molecule has 0 aromatic carbocycles. The lowest BCUT2D eigenvalue weighted by molar-refractivity contribution is 0.110. The minimum Gasteiger partial charge on any atom is -0.174 e. The lowest BCUT2D eigenvalue weighted by atomic mass is 9.64. The van der Waals surface area contributed by atoms with Gasteiger partial charge >= 0.3 is 0 Å². The summed E-state index contributed by atoms with van der Waals surface area (Å²) in [4.78, 5) is 0. The summed E-state index contributed by atoms with van der Waals surface area (Å²) in [5, 5.41) is 17.9. The first-order chi connectivity index (χ1) is 7.80. The van der Waals surface area contributed by atoms with Crippen molar-refractivity contribution in [2.75, 3.05) is 0 Å². The Kier molecular flexibility index (Phi) is 2.14. The number of halogens is 4. The summed E-state index contributed by atoms with van der Waals surface area (Å²) in [6.07, 6.45) is 2.60. The fourth-order valence-electron chi connectivity index (χ4n) is 3.58. The molecule has 2 heterocycles. The molecular formula is C9H8Br4N4. The highest BCUT2D eigenvalue weighted by Crippen LogP contribution is 2.72. The molecule has 0 amide bonds. The molecule has 0 saturated heterocycles. The zero-order valence-electron chi connectivity index (χ0n) is 8.58. The van der Waals surface area contributed by atoms with E-state index < -0.39 is 0 Å². The van der Waals surface area contributed by atoms with Gasteiger partial charge in [0.25, 0.3) is 0 Å². The molecule has 0 spiro atoms. The van der Waals surface area contributed by atoms with Gasteiger partial charge in [-0.2, -0.15) is 20.5 Å². The predicted molar refractivity (Wildman–Crippen MR) is 77.2 cm³/mol. The number of hydrogen-bond acceptors (Lipinski definition) is 4. The fraction of sp³-hybridized carbons (Fsp3) is 1.00. The van der Waals surface area contributed by atoms with E-state index >= 15 is 0 Å². The van der Waals surface area contributed by atoms with Crippen LogP contribution in [0.25, 0.3) is 0 Å². The lowest BCUT2D eigenvalue weighted by Crippen LogP contribution is -2.59. The third kappa shape index (κ3) is 1.29. The van der Waals surface area contributed by atoms with Crippen molar-refractivity contribution in [3.8, 4) is 0 Å². The summed E-state index contributed by atoms with van der Waals surface area (Å²) < 4.78 is -1.19. The van der Waals surface area contributed by atoms with Gasteiger partial charge in [-0.25, -0.2) is 0 Å². The molecule has 2 aliphatic heterocycles. The summed E-state index contributed by atoms with van der Waals surface area (Å²) in [5.74, 6) is 0.750. The second-order valence-corrected chi connectivity index (χ2v) is 10.9. The van der Waals surface area contributed by atoms with Gasteiger partial charge in [-0.15, -0.1) is 0 Å². The molecule has 4 aliphatic rings. The van der Waals surface area contributed by atoms with E-state index in [4.69, 9.17) is 0 Å². The standard InChI is InChI=1S/C9H8Br4N4/c10-6-2-7(11)5-1-4(6)8(12,16-14-6)3-9(5,13)17-15-7/h4-5H,1-3H2/t4?,5?,6-,7+,8+,9-. The van der Waals surface area contributed by atoms with Crippen molar-refractivity contribution in [3.05, 3.63) is 0 Å². The van der Waals surface area contributed by atoms with E-state index in [1.807, 2.05) is 0 Å². The van der Waals surface area contributed by atoms with Crippen LogP contribution < -0.4 is 0 Å². The Bertz CT molecular complexity index is 406. The van der Waals surface area contributed by atoms with Crippen molar-refractivity contribution < 1.29 is 0 Å². The second-order valence-electron chi connectivity index (χ2n) is 5.37. The molecule has 2 bridgehead atoms. The molecule has 4 nitrogen and oxygen atoms in total. The van der Waals surface area contributed by atoms with Gasteiger partial charge in [-0.05, 0) is 6.42 Å². The van der Waals surface area contributed by atoms with Gasteiger partial charge in [0, 0.05) is 24.7 Å². The third-order valence-electron chi connectivity index (χ3n) is 4.36. The van der Waals surface area contributed by atoms with Gasteiger partial charge in [-0.3, -0.25) is 0 Å². The van der Waals surface area contributed by atoms with Crippen molar-refractivity contribution in [1.82, 2.24) is 0 Å². The highest BCUT2D eigenvalue weighted by molar-refractivity contribution is 9.11. The van der Waals surface area contributed by atoms with E-state index in [1.165, 1.54) is 0 Å². The van der Waals surface area contributed by atoms with Crippen LogP contribution in [0.15, 0.2) is 20.5 Å². The summed E-state index contributed by atoms with van der Waals surface area (Å²) in [6.45, 7) is 0. The number of rotatable bonds is 0. The largest absolute Gasteiger partial charge is 0.174 e. The molecule has 0 aromatic heterocycles. The van der Waals surface area contributed by atoms with Crippen LogP contribution in [0.5, 0.6) is 0 Å². The molecule has 2 fully saturated rings. The molecule has 8 heteroatoms. The van der Waals surface area contributed by atoms with E-state index in [1.54, 1.807) is 0 Å². The Morgan fingerprint density at radius 1 is 0.647 bits per heavy atom. The van der Waals surface area contributed by atoms with Gasteiger partial charge < -0.3 is 0 Å². The Morgan fingerprint density at radius 3 is 1.24 bits per heavy atom. The topological polar surface area (TPSA) is 49.4 Å². The second kappa shape index (κ2) is 3.06. The molecule has 2 saturated carbocycles. The predicted octanol–water partition coefficient (Wildman–Crippen LogP) is 4.71. The quantitative estimate of drug-likeness (QED) is 0.348. The molecule has 0 radical (unpaired) electrons. The minimum atomic E-state index is -0.297. The molecule has 0 aromatic rings. The van der Waals surface area contributed by atoms with Crippen LogP contribution in [0.3, 0.4) is 0 Å². The highest BCUT2D eigenvalue weighted by atomic mass is 79.9. The highest BCUT2D eigenvalue weighted by Gasteiger charge is 2.73. The maximum atomic E-state index is 4.48. The number of hydrogen-bond donors (Lipinski definition) is 0. The van der Waals surface area contributed by atoms with Crippen LogP contribution in [0, 0.1) is 11.8 Å². The summed E-state index contributed by atoms with van der Waals surface area (Å²) in [7, 11) is 0. The summed E-state index contributed by atoms with van der Waals surface area (Å²) >= 11 is 15.1. The van der Waals surface area contributed by atoms with Crippen LogP contribution in [0.1, 0.15) is 19.3 Å². The molecule has 6 atom stereocenters. The Morgan fingerprint density at radius 2 is 0.941 bits per heavy atom. The van der Waals surface area contributed by atoms with E-state index in [0.29, 0.717) is 11.8 Å². The van der Waals surface area contributed by atoms with Gasteiger partial charge in [0.15, 0.2) is 0 Å². The SMILES string of the molecule is Br[C@]12C[C@]3(Br)N=N[C@]4(Br)C[C@](Br)(N=N1)C2CC43. The van der Waals surface area contributed by atoms with Gasteiger partial charge in [-0.1, -0.05) is 63.7 Å². The van der Waals surface area contributed by atoms with Crippen LogP contribution in [0.4, 0.5) is 0 Å². The van der Waals surface area contributed by atoms with Crippen LogP contribution >= 0.6 is 63.7 Å². The minimum absolute atomic E-state index is 0.297. The normalized spacial score (nSPS) is 66.6. The van der Waals surface area contributed by atoms with Crippen LogP contribution in [0.2, 0.25) is 0 Å². The van der Waals surface area contributed by atoms with Crippen molar-refractivity contribution in [1.29, 1.82) is 0 Å². The van der Waals surface area contributed by atoms with Crippen LogP contribution in [-0.4, -0.2) is 17.8 Å². The zero-order chi connectivity index (χ0) is 12.1. The third-order valence-corrected chi connectivity index (χ3v) is 8.33. The Hall–Kier alpha value is 1.12. The number of azo groups is 2. The monoisotopic (exact) mass is 488 g/mol. The first-order valence-corrected chi connectivity index (χ1v) is 8.61. The van der Waals surface area contributed by atoms with E-state index in [9.17, 15) is 0 Å². The number of alkyl halides is 4. The number of nitrogens with zero attached hydrogens (tertiary/aromatic N) is 4. The maximum Gasteiger partial charge on any atom is 0.145 e. The first-order valence-electron chi connectivity index (χ1n) is 5.44. The van der Waals surface area contributed by atoms with Gasteiger partial charge in [0.2, 0.25) is 0 Å². The van der Waals surface area contributed by atoms with Crippen molar-refractivity contribution >= 4 is 63.7 Å². The van der Waals surface area contributed by atoms with E-state index in [-0.39, 0.29) is 17.8 Å². The molecule has 92 valence electrons. The Labute approximate surface area is 132 Å². The summed E-state index contributed by atoms with van der Waals surface area (Å²) in [6, 6.07) is 0. The molecule has 4 rings (SSSR count). The van der Waals surface area contributed by atoms with E-state index in [0.717, 1.165) is 19.3 Å². The lowest BCUT2D eigenvalue weighted by Gasteiger charge is -2.52. The fourth-order valence-corrected chi connectivity index (χ4v) is 9.23. The maximum absolute atomic E-state index is 4.48. The van der Waals surface area contributed by atoms with E-state index in [2.05, 4.69) is 84.2 Å². The van der Waals surface area contributed by atoms with Crippen LogP contribution in [-0.2, 0) is 0 Å². The molecule has 17 heavy (non-hydrogen) atoms. The van der Waals surface area contributed by atoms with Gasteiger partial charge in [0.05, 0.1) is 0 Å². The summed E-state index contributed by atoms with van der Waals surface area (Å²) in [5.41, 5.74) is 0. The molecule has 2 unspecified atom stereocenters. The molecular weight excluding hydrogens is 484 g/mol. The smallest absolute Gasteiger partial charge is 0.145 e. The van der Waals surface area contributed by atoms with Gasteiger partial charge in [0.1, 0.15) is 17.8 Å². The average Bonchev–Trinajstić information content (AvgIpc) is 2.62. The van der Waals surface area contributed by atoms with Crippen molar-refractivity contribution in [2.24, 2.45) is 32.3 Å². The van der Waals surface area contributed by atoms with Crippen molar-refractivity contribution in [3.63, 3.8) is 0 Å².